The molecule has 2 fully saturated rings. The molecule has 0 aromatic rings. The van der Waals surface area contributed by atoms with Crippen LogP contribution in [-0.4, -0.2) is 25.9 Å². The van der Waals surface area contributed by atoms with E-state index in [0.717, 1.165) is 32.1 Å². The summed E-state index contributed by atoms with van der Waals surface area (Å²) in [6, 6.07) is 0. The van der Waals surface area contributed by atoms with Gasteiger partial charge in [0, 0.05) is 17.9 Å². The maximum atomic E-state index is 12.0. The van der Waals surface area contributed by atoms with Crippen LogP contribution in [0.25, 0.3) is 0 Å². The summed E-state index contributed by atoms with van der Waals surface area (Å²) < 4.78 is 6.73. The van der Waals surface area contributed by atoms with Crippen molar-refractivity contribution >= 4 is 14.2 Å². The highest BCUT2D eigenvalue weighted by atomic mass is 28.4. The van der Waals surface area contributed by atoms with Crippen LogP contribution >= 0.6 is 0 Å². The fraction of sp³-hybridized carbons (Fsp3) is 0.833. The Morgan fingerprint density at radius 3 is 2.50 bits per heavy atom. The zero-order valence-corrected chi connectivity index (χ0v) is 16.0. The lowest BCUT2D eigenvalue weighted by molar-refractivity contribution is -0.127. The second kappa shape index (κ2) is 6.12. The van der Waals surface area contributed by atoms with Crippen LogP contribution in [0.15, 0.2) is 12.7 Å². The minimum Gasteiger partial charge on any atom is -0.413 e. The van der Waals surface area contributed by atoms with E-state index in [4.69, 9.17) is 4.43 Å². The highest BCUT2D eigenvalue weighted by molar-refractivity contribution is 6.74. The Labute approximate surface area is 137 Å². The molecule has 1 spiro atoms. The van der Waals surface area contributed by atoms with E-state index in [1.807, 2.05) is 6.08 Å². The SMILES string of the molecule is C=C[C@@H]1[C@@H](O[Si](C)(C)C(C)(C)C)CCC[C@]12CCCC(=O)N2. The Bertz CT molecular complexity index is 437. The highest BCUT2D eigenvalue weighted by Crippen LogP contribution is 2.45. The second-order valence-electron chi connectivity index (χ2n) is 8.63. The van der Waals surface area contributed by atoms with Gasteiger partial charge in [-0.15, -0.1) is 6.58 Å². The quantitative estimate of drug-likeness (QED) is 0.617. The van der Waals surface area contributed by atoms with Gasteiger partial charge < -0.3 is 9.74 Å². The summed E-state index contributed by atoms with van der Waals surface area (Å²) in [7, 11) is -1.81. The highest BCUT2D eigenvalue weighted by Gasteiger charge is 2.49. The lowest BCUT2D eigenvalue weighted by Gasteiger charge is -2.52. The Morgan fingerprint density at radius 1 is 1.32 bits per heavy atom. The summed E-state index contributed by atoms with van der Waals surface area (Å²) in [6.45, 7) is 15.6. The summed E-state index contributed by atoms with van der Waals surface area (Å²) in [6.07, 6.45) is 8.24. The molecule has 1 N–H and O–H groups in total. The van der Waals surface area contributed by atoms with Crippen molar-refractivity contribution in [2.45, 2.75) is 89.1 Å². The van der Waals surface area contributed by atoms with E-state index < -0.39 is 8.32 Å². The number of hydrogen-bond acceptors (Lipinski definition) is 2. The van der Waals surface area contributed by atoms with Crippen LogP contribution in [0.5, 0.6) is 0 Å². The zero-order valence-electron chi connectivity index (χ0n) is 15.0. The first-order chi connectivity index (χ1) is 10.1. The molecule has 22 heavy (non-hydrogen) atoms. The third-order valence-corrected chi connectivity index (χ3v) is 10.6. The number of rotatable bonds is 3. The lowest BCUT2D eigenvalue weighted by atomic mass is 9.67. The van der Waals surface area contributed by atoms with Crippen LogP contribution in [0.2, 0.25) is 18.1 Å². The third kappa shape index (κ3) is 3.33. The molecule has 1 heterocycles. The molecule has 0 bridgehead atoms. The smallest absolute Gasteiger partial charge is 0.220 e. The molecule has 126 valence electrons. The van der Waals surface area contributed by atoms with Crippen molar-refractivity contribution in [1.82, 2.24) is 5.32 Å². The van der Waals surface area contributed by atoms with Crippen LogP contribution in [0.1, 0.15) is 59.3 Å². The van der Waals surface area contributed by atoms with Crippen molar-refractivity contribution < 1.29 is 9.22 Å². The molecule has 3 nitrogen and oxygen atoms in total. The molecule has 0 unspecified atom stereocenters. The predicted molar refractivity (Wildman–Crippen MR) is 94.3 cm³/mol. The van der Waals surface area contributed by atoms with E-state index in [0.29, 0.717) is 6.42 Å². The van der Waals surface area contributed by atoms with Gasteiger partial charge in [-0.3, -0.25) is 4.79 Å². The van der Waals surface area contributed by atoms with E-state index >= 15 is 0 Å². The molecule has 1 amide bonds. The molecule has 0 radical (unpaired) electrons. The molecule has 0 aromatic carbocycles. The first kappa shape index (κ1) is 17.7. The van der Waals surface area contributed by atoms with E-state index in [9.17, 15) is 4.79 Å². The van der Waals surface area contributed by atoms with Gasteiger partial charge in [-0.05, 0) is 50.2 Å². The number of hydrogen-bond donors (Lipinski definition) is 1. The molecule has 1 saturated carbocycles. The van der Waals surface area contributed by atoms with Crippen LogP contribution in [0.4, 0.5) is 0 Å². The number of piperidine rings is 1. The van der Waals surface area contributed by atoms with Crippen molar-refractivity contribution in [2.75, 3.05) is 0 Å². The van der Waals surface area contributed by atoms with Crippen molar-refractivity contribution in [3.63, 3.8) is 0 Å². The molecular formula is C18H33NO2Si. The van der Waals surface area contributed by atoms with Gasteiger partial charge in [0.05, 0.1) is 6.10 Å². The Hall–Kier alpha value is -0.613. The Morgan fingerprint density at radius 2 is 1.95 bits per heavy atom. The summed E-state index contributed by atoms with van der Waals surface area (Å²) >= 11 is 0. The summed E-state index contributed by atoms with van der Waals surface area (Å²) in [5.41, 5.74) is -0.109. The average Bonchev–Trinajstić information content (AvgIpc) is 2.37. The minimum atomic E-state index is -1.81. The number of carbonyl (C=O) groups is 1. The van der Waals surface area contributed by atoms with Crippen LogP contribution in [0.3, 0.4) is 0 Å². The van der Waals surface area contributed by atoms with Gasteiger partial charge in [0.1, 0.15) is 0 Å². The normalized spacial score (nSPS) is 33.6. The maximum Gasteiger partial charge on any atom is 0.220 e. The molecule has 1 aliphatic heterocycles. The van der Waals surface area contributed by atoms with Crippen LogP contribution in [-0.2, 0) is 9.22 Å². The van der Waals surface area contributed by atoms with E-state index in [1.54, 1.807) is 0 Å². The van der Waals surface area contributed by atoms with Gasteiger partial charge in [-0.1, -0.05) is 26.8 Å². The summed E-state index contributed by atoms with van der Waals surface area (Å²) in [5.74, 6) is 0.436. The fourth-order valence-electron chi connectivity index (χ4n) is 3.79. The second-order valence-corrected chi connectivity index (χ2v) is 13.4. The van der Waals surface area contributed by atoms with E-state index in [2.05, 4.69) is 45.8 Å². The molecule has 1 aliphatic carbocycles. The standard InChI is InChI=1S/C18H33NO2Si/c1-7-14-15(21-22(5,6)17(2,3)4)10-8-12-18(14)13-9-11-16(20)19-18/h7,14-15H,1,8-13H2,2-6H3,(H,19,20)/t14-,15+,18+/m1/s1. The van der Waals surface area contributed by atoms with E-state index in [-0.39, 0.29) is 28.5 Å². The van der Waals surface area contributed by atoms with Crippen molar-refractivity contribution in [1.29, 1.82) is 0 Å². The van der Waals surface area contributed by atoms with Crippen LogP contribution in [0, 0.1) is 5.92 Å². The zero-order chi connectivity index (χ0) is 16.6. The summed E-state index contributed by atoms with van der Waals surface area (Å²) in [4.78, 5) is 12.0. The molecular weight excluding hydrogens is 290 g/mol. The topological polar surface area (TPSA) is 38.3 Å². The fourth-order valence-corrected chi connectivity index (χ4v) is 5.17. The van der Waals surface area contributed by atoms with Gasteiger partial charge >= 0.3 is 0 Å². The van der Waals surface area contributed by atoms with Crippen molar-refractivity contribution in [3.05, 3.63) is 12.7 Å². The molecule has 2 aliphatic rings. The number of nitrogens with one attached hydrogen (secondary N) is 1. The first-order valence-corrected chi connectivity index (χ1v) is 11.6. The van der Waals surface area contributed by atoms with Crippen LogP contribution < -0.4 is 5.32 Å². The van der Waals surface area contributed by atoms with Gasteiger partial charge in [-0.25, -0.2) is 0 Å². The molecule has 2 rings (SSSR count). The first-order valence-electron chi connectivity index (χ1n) is 8.73. The number of carbonyl (C=O) groups excluding carboxylic acids is 1. The summed E-state index contributed by atoms with van der Waals surface area (Å²) in [5, 5.41) is 3.52. The van der Waals surface area contributed by atoms with Gasteiger partial charge in [0.15, 0.2) is 8.32 Å². The molecule has 4 heteroatoms. The van der Waals surface area contributed by atoms with E-state index in [1.165, 1.54) is 0 Å². The van der Waals surface area contributed by atoms with Crippen molar-refractivity contribution in [2.24, 2.45) is 5.92 Å². The van der Waals surface area contributed by atoms with Gasteiger partial charge in [0.2, 0.25) is 5.91 Å². The monoisotopic (exact) mass is 323 g/mol. The van der Waals surface area contributed by atoms with Crippen molar-refractivity contribution in [3.8, 4) is 0 Å². The molecule has 1 saturated heterocycles. The predicted octanol–water partition coefficient (Wildman–Crippen LogP) is 4.40. The molecule has 0 aromatic heterocycles. The minimum absolute atomic E-state index is 0.109. The third-order valence-electron chi connectivity index (χ3n) is 6.07. The Kier molecular flexibility index (Phi) is 4.93. The molecule has 3 atom stereocenters. The lowest BCUT2D eigenvalue weighted by Crippen LogP contribution is -2.62. The largest absolute Gasteiger partial charge is 0.413 e. The maximum absolute atomic E-state index is 12.0. The van der Waals surface area contributed by atoms with Gasteiger partial charge in [0.25, 0.3) is 0 Å². The van der Waals surface area contributed by atoms with Gasteiger partial charge in [-0.2, -0.15) is 0 Å². The average molecular weight is 324 g/mol. The number of amides is 1. The Balaban J connectivity index is 2.21.